The predicted molar refractivity (Wildman–Crippen MR) is 79.2 cm³/mol. The second-order valence-electron chi connectivity index (χ2n) is 6.19. The van der Waals surface area contributed by atoms with Gasteiger partial charge in [0.1, 0.15) is 11.9 Å². The molecule has 5 heteroatoms. The first-order valence-electron chi connectivity index (χ1n) is 7.25. The van der Waals surface area contributed by atoms with Crippen LogP contribution in [0.5, 0.6) is 0 Å². The summed E-state index contributed by atoms with van der Waals surface area (Å²) in [6.07, 6.45) is 0. The Morgan fingerprint density at radius 2 is 2.10 bits per heavy atom. The third kappa shape index (κ3) is 3.41. The molecule has 0 bridgehead atoms. The van der Waals surface area contributed by atoms with E-state index >= 15 is 0 Å². The fourth-order valence-corrected chi connectivity index (χ4v) is 2.98. The number of aliphatic hydroxyl groups excluding tert-OH is 1. The first kappa shape index (κ1) is 15.9. The standard InChI is InChI=1S/C16H22FN3O/c1-16(2,11-21)15(20-7-5-19-6-8-20)12-3-4-14(17)13(9-12)10-18/h3-4,9,15,19,21H,5-8,11H2,1-2H3/t15-/m0/s1. The molecule has 1 heterocycles. The molecule has 1 saturated heterocycles. The van der Waals surface area contributed by atoms with Crippen LogP contribution in [0.25, 0.3) is 0 Å². The molecule has 0 unspecified atom stereocenters. The van der Waals surface area contributed by atoms with E-state index in [1.54, 1.807) is 12.1 Å². The van der Waals surface area contributed by atoms with Crippen LogP contribution in [0, 0.1) is 22.6 Å². The lowest BCUT2D eigenvalue weighted by atomic mass is 9.79. The van der Waals surface area contributed by atoms with Gasteiger partial charge in [-0.2, -0.15) is 5.26 Å². The van der Waals surface area contributed by atoms with Crippen LogP contribution >= 0.6 is 0 Å². The summed E-state index contributed by atoms with van der Waals surface area (Å²) in [4.78, 5) is 2.29. The van der Waals surface area contributed by atoms with Gasteiger partial charge in [-0.15, -0.1) is 0 Å². The summed E-state index contributed by atoms with van der Waals surface area (Å²) in [6, 6.07) is 6.53. The first-order chi connectivity index (χ1) is 9.99. The number of halogens is 1. The summed E-state index contributed by atoms with van der Waals surface area (Å²) in [7, 11) is 0. The minimum Gasteiger partial charge on any atom is -0.396 e. The number of nitrogens with zero attached hydrogens (tertiary/aromatic N) is 2. The van der Waals surface area contributed by atoms with Gasteiger partial charge in [0.2, 0.25) is 0 Å². The van der Waals surface area contributed by atoms with Crippen LogP contribution in [0.3, 0.4) is 0 Å². The Hall–Kier alpha value is -1.48. The van der Waals surface area contributed by atoms with E-state index in [4.69, 9.17) is 5.26 Å². The van der Waals surface area contributed by atoms with Gasteiger partial charge in [0.25, 0.3) is 0 Å². The Kier molecular flexibility index (Phi) is 4.94. The average Bonchev–Trinajstić information content (AvgIpc) is 2.50. The maximum atomic E-state index is 13.6. The van der Waals surface area contributed by atoms with E-state index in [2.05, 4.69) is 10.2 Å². The lowest BCUT2D eigenvalue weighted by Gasteiger charge is -2.43. The second-order valence-corrected chi connectivity index (χ2v) is 6.19. The molecule has 0 amide bonds. The molecule has 0 saturated carbocycles. The van der Waals surface area contributed by atoms with Crippen molar-refractivity contribution < 1.29 is 9.50 Å². The van der Waals surface area contributed by atoms with Crippen molar-refractivity contribution in [1.29, 1.82) is 5.26 Å². The van der Waals surface area contributed by atoms with Gasteiger partial charge in [-0.25, -0.2) is 4.39 Å². The third-order valence-electron chi connectivity index (χ3n) is 4.09. The van der Waals surface area contributed by atoms with Gasteiger partial charge in [-0.1, -0.05) is 19.9 Å². The van der Waals surface area contributed by atoms with Gasteiger partial charge in [0, 0.05) is 44.2 Å². The van der Waals surface area contributed by atoms with Crippen LogP contribution in [-0.4, -0.2) is 42.8 Å². The quantitative estimate of drug-likeness (QED) is 0.886. The Labute approximate surface area is 125 Å². The zero-order valence-corrected chi connectivity index (χ0v) is 12.6. The molecule has 0 aliphatic carbocycles. The van der Waals surface area contributed by atoms with E-state index in [1.807, 2.05) is 19.9 Å². The molecule has 1 atom stereocenters. The molecule has 4 nitrogen and oxygen atoms in total. The highest BCUT2D eigenvalue weighted by molar-refractivity contribution is 5.36. The molecule has 1 fully saturated rings. The lowest BCUT2D eigenvalue weighted by Crippen LogP contribution is -2.49. The van der Waals surface area contributed by atoms with Crippen LogP contribution in [0.4, 0.5) is 4.39 Å². The molecule has 0 aromatic heterocycles. The highest BCUT2D eigenvalue weighted by Crippen LogP contribution is 2.38. The smallest absolute Gasteiger partial charge is 0.140 e. The number of piperazine rings is 1. The van der Waals surface area contributed by atoms with E-state index in [0.29, 0.717) is 0 Å². The molecular weight excluding hydrogens is 269 g/mol. The number of rotatable bonds is 4. The summed E-state index contributed by atoms with van der Waals surface area (Å²) < 4.78 is 13.6. The Morgan fingerprint density at radius 3 is 2.67 bits per heavy atom. The highest BCUT2D eigenvalue weighted by atomic mass is 19.1. The molecule has 0 radical (unpaired) electrons. The van der Waals surface area contributed by atoms with Gasteiger partial charge in [-0.05, 0) is 17.7 Å². The number of hydrogen-bond acceptors (Lipinski definition) is 4. The second kappa shape index (κ2) is 6.52. The Morgan fingerprint density at radius 1 is 1.43 bits per heavy atom. The summed E-state index contributed by atoms with van der Waals surface area (Å²) in [5.74, 6) is -0.498. The topological polar surface area (TPSA) is 59.3 Å². The fourth-order valence-electron chi connectivity index (χ4n) is 2.98. The van der Waals surface area contributed by atoms with E-state index in [1.165, 1.54) is 6.07 Å². The maximum Gasteiger partial charge on any atom is 0.140 e. The van der Waals surface area contributed by atoms with Gasteiger partial charge in [0.15, 0.2) is 0 Å². The SMILES string of the molecule is CC(C)(CO)[C@H](c1ccc(F)c(C#N)c1)N1CCNCC1. The predicted octanol–water partition coefficient (Wildman–Crippen LogP) is 1.66. The van der Waals surface area contributed by atoms with Crippen LogP contribution in [0.15, 0.2) is 18.2 Å². The highest BCUT2D eigenvalue weighted by Gasteiger charge is 2.35. The monoisotopic (exact) mass is 291 g/mol. The van der Waals surface area contributed by atoms with Crippen molar-refractivity contribution in [2.45, 2.75) is 19.9 Å². The van der Waals surface area contributed by atoms with E-state index < -0.39 is 5.82 Å². The Bertz CT molecular complexity index is 533. The van der Waals surface area contributed by atoms with Gasteiger partial charge in [0.05, 0.1) is 5.56 Å². The number of hydrogen-bond donors (Lipinski definition) is 2. The summed E-state index contributed by atoms with van der Waals surface area (Å²) in [6.45, 7) is 7.54. The van der Waals surface area contributed by atoms with E-state index in [-0.39, 0.29) is 23.6 Å². The first-order valence-corrected chi connectivity index (χ1v) is 7.25. The van der Waals surface area contributed by atoms with Crippen molar-refractivity contribution >= 4 is 0 Å². The number of nitriles is 1. The molecule has 21 heavy (non-hydrogen) atoms. The number of aliphatic hydroxyl groups is 1. The molecule has 1 aliphatic rings. The Balaban J connectivity index is 2.42. The zero-order chi connectivity index (χ0) is 15.5. The normalized spacial score (nSPS) is 18.2. The largest absolute Gasteiger partial charge is 0.396 e. The summed E-state index contributed by atoms with van der Waals surface area (Å²) in [5, 5.41) is 22.1. The average molecular weight is 291 g/mol. The van der Waals surface area contributed by atoms with Gasteiger partial charge >= 0.3 is 0 Å². The van der Waals surface area contributed by atoms with Crippen molar-refractivity contribution in [3.8, 4) is 6.07 Å². The third-order valence-corrected chi connectivity index (χ3v) is 4.09. The molecule has 1 aliphatic heterocycles. The summed E-state index contributed by atoms with van der Waals surface area (Å²) >= 11 is 0. The van der Waals surface area contributed by atoms with Crippen molar-refractivity contribution in [2.24, 2.45) is 5.41 Å². The van der Waals surface area contributed by atoms with Crippen LogP contribution in [-0.2, 0) is 0 Å². The van der Waals surface area contributed by atoms with Crippen LogP contribution in [0.2, 0.25) is 0 Å². The molecule has 2 rings (SSSR count). The molecule has 1 aromatic rings. The van der Waals surface area contributed by atoms with Crippen molar-refractivity contribution in [3.05, 3.63) is 35.1 Å². The minimum atomic E-state index is -0.498. The lowest BCUT2D eigenvalue weighted by molar-refractivity contribution is 0.0305. The van der Waals surface area contributed by atoms with Crippen LogP contribution < -0.4 is 5.32 Å². The summed E-state index contributed by atoms with van der Waals surface area (Å²) in [5.41, 5.74) is 0.567. The molecular formula is C16H22FN3O. The molecule has 114 valence electrons. The van der Waals surface area contributed by atoms with E-state index in [0.717, 1.165) is 31.7 Å². The van der Waals surface area contributed by atoms with Crippen molar-refractivity contribution in [1.82, 2.24) is 10.2 Å². The minimum absolute atomic E-state index is 0.0286. The van der Waals surface area contributed by atoms with Crippen molar-refractivity contribution in [3.63, 3.8) is 0 Å². The zero-order valence-electron chi connectivity index (χ0n) is 12.6. The van der Waals surface area contributed by atoms with Gasteiger partial charge in [-0.3, -0.25) is 4.90 Å². The molecule has 1 aromatic carbocycles. The van der Waals surface area contributed by atoms with Crippen molar-refractivity contribution in [2.75, 3.05) is 32.8 Å². The number of nitrogens with one attached hydrogen (secondary N) is 1. The van der Waals surface area contributed by atoms with E-state index in [9.17, 15) is 9.50 Å². The number of benzene rings is 1. The maximum absolute atomic E-state index is 13.6. The van der Waals surface area contributed by atoms with Crippen LogP contribution in [0.1, 0.15) is 31.0 Å². The molecule has 2 N–H and O–H groups in total. The van der Waals surface area contributed by atoms with Gasteiger partial charge < -0.3 is 10.4 Å². The fraction of sp³-hybridized carbons (Fsp3) is 0.562. The molecule has 0 spiro atoms.